The zero-order chi connectivity index (χ0) is 18.1. The zero-order valence-corrected chi connectivity index (χ0v) is 17.0. The minimum atomic E-state index is 0.856. The third-order valence-electron chi connectivity index (χ3n) is 6.73. The third-order valence-corrected chi connectivity index (χ3v) is 7.84. The molecule has 3 aliphatic heterocycles. The van der Waals surface area contributed by atoms with E-state index in [9.17, 15) is 0 Å². The molecule has 0 amide bonds. The van der Waals surface area contributed by atoms with Crippen molar-refractivity contribution in [3.05, 3.63) is 46.8 Å². The van der Waals surface area contributed by atoms with Crippen LogP contribution in [0.4, 0.5) is 0 Å². The molecule has 3 saturated heterocycles. The standard InChI is InChI=1S/C23H31N3S/c1-2-7-22(18(4-1)16-25-14-12-24-13-15-25)23-11-10-21(27-23)17-26-19-5-3-6-20(26)9-8-19/h1-2,4,7,10-11,19-20,24H,3,5-6,8-9,12-17H2/t19-,20+. The SMILES string of the molecule is c1ccc(-c2ccc(CN3[C@@H]4CCC[C@H]3CC4)s2)c(CN2CCNCC2)c1. The lowest BCUT2D eigenvalue weighted by Crippen LogP contribution is -2.42. The molecule has 4 heterocycles. The summed E-state index contributed by atoms with van der Waals surface area (Å²) in [5.74, 6) is 0. The van der Waals surface area contributed by atoms with Gasteiger partial charge in [-0.2, -0.15) is 0 Å². The van der Waals surface area contributed by atoms with Gasteiger partial charge in [0.1, 0.15) is 0 Å². The molecule has 0 aliphatic carbocycles. The number of piperazine rings is 1. The maximum Gasteiger partial charge on any atom is 0.0349 e. The van der Waals surface area contributed by atoms with Crippen molar-refractivity contribution in [1.82, 2.24) is 15.1 Å². The minimum absolute atomic E-state index is 0.856. The van der Waals surface area contributed by atoms with Crippen molar-refractivity contribution in [1.29, 1.82) is 0 Å². The molecule has 0 saturated carbocycles. The van der Waals surface area contributed by atoms with E-state index in [1.165, 1.54) is 54.7 Å². The smallest absolute Gasteiger partial charge is 0.0349 e. The van der Waals surface area contributed by atoms with Gasteiger partial charge in [-0.05, 0) is 48.9 Å². The van der Waals surface area contributed by atoms with Crippen molar-refractivity contribution in [3.8, 4) is 10.4 Å². The lowest BCUT2D eigenvalue weighted by molar-refractivity contribution is 0.133. The fourth-order valence-electron chi connectivity index (χ4n) is 5.28. The van der Waals surface area contributed by atoms with Crippen LogP contribution in [0, 0.1) is 0 Å². The lowest BCUT2D eigenvalue weighted by atomic mass is 10.0. The van der Waals surface area contributed by atoms with Gasteiger partial charge in [0.05, 0.1) is 0 Å². The summed E-state index contributed by atoms with van der Waals surface area (Å²) in [4.78, 5) is 8.38. The summed E-state index contributed by atoms with van der Waals surface area (Å²) in [5, 5.41) is 3.46. The van der Waals surface area contributed by atoms with Gasteiger partial charge in [0.25, 0.3) is 0 Å². The molecular formula is C23H31N3S. The second kappa shape index (κ2) is 8.04. The first-order chi connectivity index (χ1) is 13.4. The van der Waals surface area contributed by atoms with Crippen molar-refractivity contribution in [3.63, 3.8) is 0 Å². The van der Waals surface area contributed by atoms with Crippen LogP contribution < -0.4 is 5.32 Å². The molecule has 4 heteroatoms. The van der Waals surface area contributed by atoms with Crippen LogP contribution in [-0.4, -0.2) is 48.1 Å². The Hall–Kier alpha value is -1.20. The summed E-state index contributed by atoms with van der Waals surface area (Å²) in [6.07, 6.45) is 7.14. The summed E-state index contributed by atoms with van der Waals surface area (Å²) in [5.41, 5.74) is 2.92. The van der Waals surface area contributed by atoms with E-state index in [1.807, 2.05) is 11.3 Å². The van der Waals surface area contributed by atoms with E-state index in [0.717, 1.165) is 44.8 Å². The molecule has 2 atom stereocenters. The van der Waals surface area contributed by atoms with Crippen molar-refractivity contribution in [2.24, 2.45) is 0 Å². The number of hydrogen-bond acceptors (Lipinski definition) is 4. The highest BCUT2D eigenvalue weighted by molar-refractivity contribution is 7.15. The average molecular weight is 382 g/mol. The van der Waals surface area contributed by atoms with Crippen molar-refractivity contribution < 1.29 is 0 Å². The van der Waals surface area contributed by atoms with Gasteiger partial charge in [0.15, 0.2) is 0 Å². The number of thiophene rings is 1. The molecule has 27 heavy (non-hydrogen) atoms. The first-order valence-corrected chi connectivity index (χ1v) is 11.5. The van der Waals surface area contributed by atoms with Gasteiger partial charge in [-0.25, -0.2) is 0 Å². The van der Waals surface area contributed by atoms with Crippen molar-refractivity contribution >= 4 is 11.3 Å². The summed E-state index contributed by atoms with van der Waals surface area (Å²) in [6, 6.07) is 15.5. The highest BCUT2D eigenvalue weighted by Crippen LogP contribution is 2.38. The summed E-state index contributed by atoms with van der Waals surface area (Å²) >= 11 is 2.02. The molecule has 5 rings (SSSR count). The first kappa shape index (κ1) is 17.9. The number of nitrogens with one attached hydrogen (secondary N) is 1. The Labute approximate surface area is 167 Å². The molecule has 2 aromatic rings. The number of nitrogens with zero attached hydrogens (tertiary/aromatic N) is 2. The van der Waals surface area contributed by atoms with Gasteiger partial charge < -0.3 is 5.32 Å². The number of benzene rings is 1. The molecule has 0 radical (unpaired) electrons. The Morgan fingerprint density at radius 1 is 0.889 bits per heavy atom. The third kappa shape index (κ3) is 3.86. The largest absolute Gasteiger partial charge is 0.314 e. The molecule has 1 N–H and O–H groups in total. The van der Waals surface area contributed by atoms with E-state index in [0.29, 0.717) is 0 Å². The van der Waals surface area contributed by atoms with E-state index in [2.05, 4.69) is 51.5 Å². The second-order valence-corrected chi connectivity index (χ2v) is 9.61. The van der Waals surface area contributed by atoms with Gasteiger partial charge >= 0.3 is 0 Å². The predicted octanol–water partition coefficient (Wildman–Crippen LogP) is 4.34. The van der Waals surface area contributed by atoms with Crippen LogP contribution in [-0.2, 0) is 13.1 Å². The molecular weight excluding hydrogens is 350 g/mol. The maximum absolute atomic E-state index is 3.46. The monoisotopic (exact) mass is 381 g/mol. The van der Waals surface area contributed by atoms with Crippen LogP contribution >= 0.6 is 11.3 Å². The Balaban J connectivity index is 1.32. The van der Waals surface area contributed by atoms with E-state index < -0.39 is 0 Å². The fraction of sp³-hybridized carbons (Fsp3) is 0.565. The molecule has 0 unspecified atom stereocenters. The fourth-order valence-corrected chi connectivity index (χ4v) is 6.36. The van der Waals surface area contributed by atoms with Crippen LogP contribution in [0.15, 0.2) is 36.4 Å². The molecule has 1 aromatic heterocycles. The first-order valence-electron chi connectivity index (χ1n) is 10.7. The van der Waals surface area contributed by atoms with E-state index in [4.69, 9.17) is 0 Å². The highest BCUT2D eigenvalue weighted by Gasteiger charge is 2.36. The van der Waals surface area contributed by atoms with Crippen LogP contribution in [0.25, 0.3) is 10.4 Å². The molecule has 3 fully saturated rings. The van der Waals surface area contributed by atoms with E-state index in [-0.39, 0.29) is 0 Å². The van der Waals surface area contributed by atoms with E-state index >= 15 is 0 Å². The quantitative estimate of drug-likeness (QED) is 0.831. The van der Waals surface area contributed by atoms with Crippen LogP contribution in [0.2, 0.25) is 0 Å². The summed E-state index contributed by atoms with van der Waals surface area (Å²) < 4.78 is 0. The van der Waals surface area contributed by atoms with Crippen LogP contribution in [0.5, 0.6) is 0 Å². The summed E-state index contributed by atoms with van der Waals surface area (Å²) in [7, 11) is 0. The number of hydrogen-bond donors (Lipinski definition) is 1. The van der Waals surface area contributed by atoms with Gasteiger partial charge in [-0.3, -0.25) is 9.80 Å². The molecule has 3 aliphatic rings. The number of piperidine rings is 1. The lowest BCUT2D eigenvalue weighted by Gasteiger charge is -2.34. The Morgan fingerprint density at radius 3 is 2.48 bits per heavy atom. The zero-order valence-electron chi connectivity index (χ0n) is 16.2. The van der Waals surface area contributed by atoms with Gasteiger partial charge in [-0.15, -0.1) is 11.3 Å². The van der Waals surface area contributed by atoms with Gasteiger partial charge in [0.2, 0.25) is 0 Å². The van der Waals surface area contributed by atoms with E-state index in [1.54, 1.807) is 4.88 Å². The Kier molecular flexibility index (Phi) is 5.32. The van der Waals surface area contributed by atoms with Crippen LogP contribution in [0.3, 0.4) is 0 Å². The Bertz CT molecular complexity index is 748. The summed E-state index contributed by atoms with van der Waals surface area (Å²) in [6.45, 7) is 6.78. The molecule has 144 valence electrons. The topological polar surface area (TPSA) is 18.5 Å². The predicted molar refractivity (Wildman–Crippen MR) is 114 cm³/mol. The highest BCUT2D eigenvalue weighted by atomic mass is 32.1. The second-order valence-electron chi connectivity index (χ2n) is 8.44. The number of rotatable bonds is 5. The van der Waals surface area contributed by atoms with Crippen molar-refractivity contribution in [2.45, 2.75) is 57.3 Å². The maximum atomic E-state index is 3.46. The minimum Gasteiger partial charge on any atom is -0.314 e. The Morgan fingerprint density at radius 2 is 1.67 bits per heavy atom. The van der Waals surface area contributed by atoms with Gasteiger partial charge in [-0.1, -0.05) is 30.7 Å². The molecule has 1 aromatic carbocycles. The van der Waals surface area contributed by atoms with Gasteiger partial charge in [0, 0.05) is 61.1 Å². The normalized spacial score (nSPS) is 26.5. The van der Waals surface area contributed by atoms with Crippen molar-refractivity contribution in [2.75, 3.05) is 26.2 Å². The van der Waals surface area contributed by atoms with Crippen LogP contribution in [0.1, 0.15) is 42.5 Å². The molecule has 0 spiro atoms. The average Bonchev–Trinajstić information content (AvgIpc) is 3.24. The molecule has 2 bridgehead atoms. The molecule has 3 nitrogen and oxygen atoms in total. The number of fused-ring (bicyclic) bond motifs is 2.